The smallest absolute Gasteiger partial charge is 0.239 e. The van der Waals surface area contributed by atoms with Crippen LogP contribution in [-0.4, -0.2) is 39.0 Å². The minimum atomic E-state index is -0.342. The number of hydrogen-bond acceptors (Lipinski definition) is 4. The third kappa shape index (κ3) is 5.39. The molecule has 104 valence electrons. The van der Waals surface area contributed by atoms with Gasteiger partial charge in [0.15, 0.2) is 0 Å². The molecule has 6 heteroatoms. The fraction of sp³-hybridized carbons (Fsp3) is 0.385. The van der Waals surface area contributed by atoms with E-state index < -0.39 is 0 Å². The second-order valence-electron chi connectivity index (χ2n) is 4.32. The van der Waals surface area contributed by atoms with Gasteiger partial charge in [0.25, 0.3) is 0 Å². The van der Waals surface area contributed by atoms with Crippen molar-refractivity contribution in [1.29, 1.82) is 0 Å². The summed E-state index contributed by atoms with van der Waals surface area (Å²) in [6.45, 7) is 0.274. The van der Waals surface area contributed by atoms with E-state index in [1.807, 2.05) is 43.3 Å². The zero-order valence-corrected chi connectivity index (χ0v) is 11.3. The van der Waals surface area contributed by atoms with Crippen LogP contribution in [0.3, 0.4) is 0 Å². The Kier molecular flexibility index (Phi) is 5.81. The Morgan fingerprint density at radius 3 is 2.26 bits per heavy atom. The predicted molar refractivity (Wildman–Crippen MR) is 74.7 cm³/mol. The Hall–Kier alpha value is -2.08. The van der Waals surface area contributed by atoms with Crippen molar-refractivity contribution < 1.29 is 9.59 Å². The van der Waals surface area contributed by atoms with E-state index in [9.17, 15) is 9.59 Å². The largest absolute Gasteiger partial charge is 0.378 e. The van der Waals surface area contributed by atoms with Gasteiger partial charge in [-0.2, -0.15) is 0 Å². The number of carbonyl (C=O) groups excluding carboxylic acids is 2. The van der Waals surface area contributed by atoms with Crippen molar-refractivity contribution in [1.82, 2.24) is 10.6 Å². The zero-order chi connectivity index (χ0) is 14.3. The summed E-state index contributed by atoms with van der Waals surface area (Å²) in [6.07, 6.45) is 0. The second kappa shape index (κ2) is 7.38. The number of anilines is 1. The number of amides is 2. The molecule has 4 N–H and O–H groups in total. The van der Waals surface area contributed by atoms with Crippen molar-refractivity contribution in [3.63, 3.8) is 0 Å². The molecule has 0 saturated carbocycles. The topological polar surface area (TPSA) is 87.5 Å². The number of nitrogens with two attached hydrogens (primary N) is 1. The van der Waals surface area contributed by atoms with Crippen LogP contribution in [0.2, 0.25) is 0 Å². The van der Waals surface area contributed by atoms with Crippen LogP contribution in [0.5, 0.6) is 0 Å². The van der Waals surface area contributed by atoms with Crippen LogP contribution in [0.25, 0.3) is 0 Å². The van der Waals surface area contributed by atoms with Crippen molar-refractivity contribution in [2.75, 3.05) is 32.1 Å². The average Bonchev–Trinajstić information content (AvgIpc) is 2.42. The molecule has 6 nitrogen and oxygen atoms in total. The molecule has 0 atom stereocenters. The van der Waals surface area contributed by atoms with Crippen LogP contribution in [0.1, 0.15) is 5.56 Å². The lowest BCUT2D eigenvalue weighted by Crippen LogP contribution is -2.39. The summed E-state index contributed by atoms with van der Waals surface area (Å²) in [5.74, 6) is -0.580. The minimum absolute atomic E-state index is 0.0498. The maximum absolute atomic E-state index is 11.4. The van der Waals surface area contributed by atoms with Gasteiger partial charge in [-0.25, -0.2) is 0 Å². The quantitative estimate of drug-likeness (QED) is 0.643. The lowest BCUT2D eigenvalue weighted by molar-refractivity contribution is -0.125. The van der Waals surface area contributed by atoms with Crippen molar-refractivity contribution >= 4 is 17.5 Å². The lowest BCUT2D eigenvalue weighted by Gasteiger charge is -2.13. The predicted octanol–water partition coefficient (Wildman–Crippen LogP) is -0.556. The van der Waals surface area contributed by atoms with E-state index in [0.717, 1.165) is 11.3 Å². The Balaban J connectivity index is 2.35. The summed E-state index contributed by atoms with van der Waals surface area (Å²) in [4.78, 5) is 24.3. The van der Waals surface area contributed by atoms with E-state index >= 15 is 0 Å². The first-order valence-corrected chi connectivity index (χ1v) is 6.02. The van der Waals surface area contributed by atoms with Gasteiger partial charge in [-0.3, -0.25) is 9.59 Å². The molecule has 0 saturated heterocycles. The summed E-state index contributed by atoms with van der Waals surface area (Å²) in [7, 11) is 3.94. The van der Waals surface area contributed by atoms with Gasteiger partial charge in [0, 0.05) is 26.3 Å². The summed E-state index contributed by atoms with van der Waals surface area (Å²) >= 11 is 0. The van der Waals surface area contributed by atoms with Crippen molar-refractivity contribution in [3.05, 3.63) is 29.8 Å². The Morgan fingerprint density at radius 1 is 1.11 bits per heavy atom. The fourth-order valence-corrected chi connectivity index (χ4v) is 1.43. The fourth-order valence-electron chi connectivity index (χ4n) is 1.43. The highest BCUT2D eigenvalue weighted by atomic mass is 16.2. The first-order chi connectivity index (χ1) is 9.02. The first kappa shape index (κ1) is 15.0. The van der Waals surface area contributed by atoms with Gasteiger partial charge in [-0.1, -0.05) is 12.1 Å². The SMILES string of the molecule is CN(C)c1ccc(CNC(=O)CNC(=O)CN)cc1. The highest BCUT2D eigenvalue weighted by Crippen LogP contribution is 2.11. The van der Waals surface area contributed by atoms with Gasteiger partial charge >= 0.3 is 0 Å². The molecule has 0 heterocycles. The minimum Gasteiger partial charge on any atom is -0.378 e. The molecule has 0 radical (unpaired) electrons. The maximum Gasteiger partial charge on any atom is 0.239 e. The van der Waals surface area contributed by atoms with E-state index in [1.165, 1.54) is 0 Å². The second-order valence-corrected chi connectivity index (χ2v) is 4.32. The zero-order valence-electron chi connectivity index (χ0n) is 11.3. The molecular formula is C13H20N4O2. The molecule has 2 amide bonds. The van der Waals surface area contributed by atoms with Crippen LogP contribution in [0.15, 0.2) is 24.3 Å². The Bertz CT molecular complexity index is 429. The third-order valence-corrected chi connectivity index (χ3v) is 2.57. The van der Waals surface area contributed by atoms with E-state index in [2.05, 4.69) is 10.6 Å². The molecule has 0 aliphatic rings. The van der Waals surface area contributed by atoms with Crippen molar-refractivity contribution in [3.8, 4) is 0 Å². The van der Waals surface area contributed by atoms with Gasteiger partial charge in [-0.05, 0) is 17.7 Å². The van der Waals surface area contributed by atoms with Gasteiger partial charge in [-0.15, -0.1) is 0 Å². The number of rotatable bonds is 6. The molecule has 0 fully saturated rings. The molecule has 1 aromatic rings. The van der Waals surface area contributed by atoms with E-state index in [4.69, 9.17) is 5.73 Å². The van der Waals surface area contributed by atoms with E-state index in [0.29, 0.717) is 6.54 Å². The molecule has 0 aliphatic heterocycles. The lowest BCUT2D eigenvalue weighted by atomic mass is 10.2. The number of benzene rings is 1. The summed E-state index contributed by atoms with van der Waals surface area (Å²) in [5.41, 5.74) is 7.22. The van der Waals surface area contributed by atoms with Crippen LogP contribution in [0.4, 0.5) is 5.69 Å². The number of carbonyl (C=O) groups is 2. The molecule has 0 bridgehead atoms. The van der Waals surface area contributed by atoms with Gasteiger partial charge in [0.05, 0.1) is 13.1 Å². The van der Waals surface area contributed by atoms with Crippen LogP contribution >= 0.6 is 0 Å². The first-order valence-electron chi connectivity index (χ1n) is 6.02. The molecule has 19 heavy (non-hydrogen) atoms. The molecular weight excluding hydrogens is 244 g/mol. The Morgan fingerprint density at radius 2 is 1.74 bits per heavy atom. The number of nitrogens with one attached hydrogen (secondary N) is 2. The summed E-state index contributed by atoms with van der Waals surface area (Å²) in [5, 5.41) is 5.13. The molecule has 0 aliphatic carbocycles. The van der Waals surface area contributed by atoms with Crippen LogP contribution < -0.4 is 21.3 Å². The maximum atomic E-state index is 11.4. The van der Waals surface area contributed by atoms with E-state index in [-0.39, 0.29) is 24.9 Å². The van der Waals surface area contributed by atoms with Crippen LogP contribution in [-0.2, 0) is 16.1 Å². The van der Waals surface area contributed by atoms with Crippen LogP contribution in [0, 0.1) is 0 Å². The molecule has 0 unspecified atom stereocenters. The molecule has 0 spiro atoms. The van der Waals surface area contributed by atoms with Gasteiger partial charge in [0.2, 0.25) is 11.8 Å². The summed E-state index contributed by atoms with van der Waals surface area (Å²) < 4.78 is 0. The number of hydrogen-bond donors (Lipinski definition) is 3. The summed E-state index contributed by atoms with van der Waals surface area (Å²) in [6, 6.07) is 7.87. The monoisotopic (exact) mass is 264 g/mol. The Labute approximate surface area is 113 Å². The normalized spacial score (nSPS) is 9.84. The van der Waals surface area contributed by atoms with Gasteiger partial charge in [0.1, 0.15) is 0 Å². The van der Waals surface area contributed by atoms with Gasteiger partial charge < -0.3 is 21.3 Å². The average molecular weight is 264 g/mol. The molecule has 1 aromatic carbocycles. The molecule has 1 rings (SSSR count). The number of nitrogens with zero attached hydrogens (tertiary/aromatic N) is 1. The standard InChI is InChI=1S/C13H20N4O2/c1-17(2)11-5-3-10(4-6-11)8-15-13(19)9-16-12(18)7-14/h3-6H,7-9,14H2,1-2H3,(H,15,19)(H,16,18). The van der Waals surface area contributed by atoms with Crippen molar-refractivity contribution in [2.24, 2.45) is 5.73 Å². The highest BCUT2D eigenvalue weighted by molar-refractivity contribution is 5.85. The van der Waals surface area contributed by atoms with Crippen molar-refractivity contribution in [2.45, 2.75) is 6.54 Å². The highest BCUT2D eigenvalue weighted by Gasteiger charge is 2.03. The van der Waals surface area contributed by atoms with E-state index in [1.54, 1.807) is 0 Å². The third-order valence-electron chi connectivity index (χ3n) is 2.57. The molecule has 0 aromatic heterocycles.